The van der Waals surface area contributed by atoms with Crippen LogP contribution in [0.3, 0.4) is 0 Å². The van der Waals surface area contributed by atoms with Gasteiger partial charge in [-0.2, -0.15) is 0 Å². The SMILES string of the molecule is CC(C)N(CC(=O)N1CCn2cccc2[C@H]1c1ccc(Cl)cc1)C(=O)NC(C)(C)C. The summed E-state index contributed by atoms with van der Waals surface area (Å²) >= 11 is 6.08. The zero-order valence-corrected chi connectivity index (χ0v) is 19.1. The number of amides is 3. The number of halogens is 1. The summed E-state index contributed by atoms with van der Waals surface area (Å²) in [6.07, 6.45) is 2.04. The van der Waals surface area contributed by atoms with Crippen molar-refractivity contribution in [2.24, 2.45) is 0 Å². The summed E-state index contributed by atoms with van der Waals surface area (Å²) in [6, 6.07) is 11.1. The Balaban J connectivity index is 1.87. The number of rotatable bonds is 4. The molecule has 0 saturated carbocycles. The first-order valence-electron chi connectivity index (χ1n) is 10.4. The van der Waals surface area contributed by atoms with Crippen LogP contribution in [0, 0.1) is 0 Å². The first-order chi connectivity index (χ1) is 14.1. The fourth-order valence-corrected chi connectivity index (χ4v) is 3.89. The lowest BCUT2D eigenvalue weighted by Gasteiger charge is -2.39. The van der Waals surface area contributed by atoms with E-state index >= 15 is 0 Å². The van der Waals surface area contributed by atoms with Gasteiger partial charge in [0.25, 0.3) is 0 Å². The Labute approximate surface area is 183 Å². The summed E-state index contributed by atoms with van der Waals surface area (Å²) in [7, 11) is 0. The van der Waals surface area contributed by atoms with Crippen LogP contribution >= 0.6 is 11.6 Å². The molecule has 30 heavy (non-hydrogen) atoms. The topological polar surface area (TPSA) is 57.6 Å². The Morgan fingerprint density at radius 2 is 1.83 bits per heavy atom. The predicted octanol–water partition coefficient (Wildman–Crippen LogP) is 4.29. The van der Waals surface area contributed by atoms with Crippen LogP contribution in [-0.4, -0.2) is 51.0 Å². The van der Waals surface area contributed by atoms with Crippen molar-refractivity contribution >= 4 is 23.5 Å². The van der Waals surface area contributed by atoms with Gasteiger partial charge in [0.2, 0.25) is 5.91 Å². The largest absolute Gasteiger partial charge is 0.348 e. The molecule has 3 rings (SSSR count). The molecule has 1 aromatic heterocycles. The van der Waals surface area contributed by atoms with E-state index in [1.807, 2.05) is 82.1 Å². The Hall–Kier alpha value is -2.47. The molecule has 1 atom stereocenters. The van der Waals surface area contributed by atoms with Crippen LogP contribution in [-0.2, 0) is 11.3 Å². The fraction of sp³-hybridized carbons (Fsp3) is 0.478. The predicted molar refractivity (Wildman–Crippen MR) is 120 cm³/mol. The van der Waals surface area contributed by atoms with E-state index in [4.69, 9.17) is 11.6 Å². The molecule has 1 aliphatic heterocycles. The van der Waals surface area contributed by atoms with Gasteiger partial charge in [-0.05, 0) is 64.4 Å². The van der Waals surface area contributed by atoms with Crippen molar-refractivity contribution in [1.82, 2.24) is 19.7 Å². The van der Waals surface area contributed by atoms with E-state index in [0.29, 0.717) is 11.6 Å². The highest BCUT2D eigenvalue weighted by molar-refractivity contribution is 6.30. The third-order valence-electron chi connectivity index (χ3n) is 5.22. The number of fused-ring (bicyclic) bond motifs is 1. The van der Waals surface area contributed by atoms with Crippen molar-refractivity contribution in [3.8, 4) is 0 Å². The third kappa shape index (κ3) is 4.98. The third-order valence-corrected chi connectivity index (χ3v) is 5.47. The minimum Gasteiger partial charge on any atom is -0.348 e. The van der Waals surface area contributed by atoms with Crippen LogP contribution in [0.25, 0.3) is 0 Å². The summed E-state index contributed by atoms with van der Waals surface area (Å²) in [5.41, 5.74) is 1.69. The standard InChI is InChI=1S/C23H31ClN4O2/c1-16(2)28(22(30)25-23(3,4)5)15-20(29)27-14-13-26-12-6-7-19(26)21(27)17-8-10-18(24)11-9-17/h6-12,16,21H,13-15H2,1-5H3,(H,25,30)/t21-/m1/s1. The smallest absolute Gasteiger partial charge is 0.318 e. The van der Waals surface area contributed by atoms with Gasteiger partial charge in [-0.3, -0.25) is 4.79 Å². The molecule has 0 aliphatic carbocycles. The van der Waals surface area contributed by atoms with Gasteiger partial charge in [0, 0.05) is 41.6 Å². The normalized spacial score (nSPS) is 16.4. The number of urea groups is 1. The average Bonchev–Trinajstić information content (AvgIpc) is 3.13. The number of aromatic nitrogens is 1. The van der Waals surface area contributed by atoms with Crippen molar-refractivity contribution in [3.63, 3.8) is 0 Å². The summed E-state index contributed by atoms with van der Waals surface area (Å²) < 4.78 is 2.18. The summed E-state index contributed by atoms with van der Waals surface area (Å²) in [6.45, 7) is 11.0. The molecule has 2 heterocycles. The van der Waals surface area contributed by atoms with Crippen molar-refractivity contribution < 1.29 is 9.59 Å². The molecule has 7 heteroatoms. The minimum absolute atomic E-state index is 0.0321. The lowest BCUT2D eigenvalue weighted by Crippen LogP contribution is -2.54. The summed E-state index contributed by atoms with van der Waals surface area (Å²) in [4.78, 5) is 29.7. The highest BCUT2D eigenvalue weighted by atomic mass is 35.5. The highest BCUT2D eigenvalue weighted by Gasteiger charge is 2.34. The molecule has 6 nitrogen and oxygen atoms in total. The number of nitrogens with zero attached hydrogens (tertiary/aromatic N) is 3. The highest BCUT2D eigenvalue weighted by Crippen LogP contribution is 2.33. The van der Waals surface area contributed by atoms with E-state index < -0.39 is 0 Å². The molecule has 162 valence electrons. The quantitative estimate of drug-likeness (QED) is 0.786. The molecule has 0 fully saturated rings. The minimum atomic E-state index is -0.370. The monoisotopic (exact) mass is 430 g/mol. The maximum Gasteiger partial charge on any atom is 0.318 e. The van der Waals surface area contributed by atoms with E-state index in [1.54, 1.807) is 4.90 Å². The van der Waals surface area contributed by atoms with E-state index in [1.165, 1.54) is 0 Å². The Morgan fingerprint density at radius 3 is 2.43 bits per heavy atom. The second kappa shape index (κ2) is 8.72. The Bertz CT molecular complexity index is 899. The van der Waals surface area contributed by atoms with Crippen LogP contribution in [0.15, 0.2) is 42.6 Å². The van der Waals surface area contributed by atoms with Gasteiger partial charge < -0.3 is 19.7 Å². The molecular formula is C23H31ClN4O2. The number of carbonyl (C=O) groups excluding carboxylic acids is 2. The van der Waals surface area contributed by atoms with Gasteiger partial charge in [0.1, 0.15) is 6.54 Å². The van der Waals surface area contributed by atoms with Crippen LogP contribution in [0.5, 0.6) is 0 Å². The number of benzene rings is 1. The first kappa shape index (κ1) is 22.2. The summed E-state index contributed by atoms with van der Waals surface area (Å²) in [5, 5.41) is 3.63. The maximum atomic E-state index is 13.4. The van der Waals surface area contributed by atoms with Crippen molar-refractivity contribution in [1.29, 1.82) is 0 Å². The zero-order valence-electron chi connectivity index (χ0n) is 18.4. The van der Waals surface area contributed by atoms with Gasteiger partial charge in [-0.15, -0.1) is 0 Å². The average molecular weight is 431 g/mol. The lowest BCUT2D eigenvalue weighted by molar-refractivity contribution is -0.134. The molecule has 0 unspecified atom stereocenters. The number of nitrogens with one attached hydrogen (secondary N) is 1. The van der Waals surface area contributed by atoms with E-state index in [2.05, 4.69) is 9.88 Å². The lowest BCUT2D eigenvalue weighted by atomic mass is 9.99. The number of hydrogen-bond acceptors (Lipinski definition) is 2. The van der Waals surface area contributed by atoms with Crippen LogP contribution in [0.2, 0.25) is 5.02 Å². The number of carbonyl (C=O) groups is 2. The molecule has 3 amide bonds. The van der Waals surface area contributed by atoms with Gasteiger partial charge in [0.05, 0.1) is 6.04 Å². The molecule has 0 saturated heterocycles. The van der Waals surface area contributed by atoms with Gasteiger partial charge in [-0.1, -0.05) is 23.7 Å². The molecule has 1 aliphatic rings. The van der Waals surface area contributed by atoms with Gasteiger partial charge in [-0.25, -0.2) is 4.79 Å². The first-order valence-corrected chi connectivity index (χ1v) is 10.7. The molecule has 1 N–H and O–H groups in total. The Morgan fingerprint density at radius 1 is 1.17 bits per heavy atom. The number of hydrogen-bond donors (Lipinski definition) is 1. The molecule has 2 aromatic rings. The Kier molecular flexibility index (Phi) is 6.46. The molecule has 0 spiro atoms. The van der Waals surface area contributed by atoms with Crippen LogP contribution in [0.1, 0.15) is 51.9 Å². The van der Waals surface area contributed by atoms with Gasteiger partial charge in [0.15, 0.2) is 0 Å². The zero-order chi connectivity index (χ0) is 22.1. The van der Waals surface area contributed by atoms with Crippen LogP contribution < -0.4 is 5.32 Å². The molecule has 0 bridgehead atoms. The molecule has 0 radical (unpaired) electrons. The molecular weight excluding hydrogens is 400 g/mol. The van der Waals surface area contributed by atoms with Crippen molar-refractivity contribution in [2.75, 3.05) is 13.1 Å². The second-order valence-electron chi connectivity index (χ2n) is 9.07. The van der Waals surface area contributed by atoms with Gasteiger partial charge >= 0.3 is 6.03 Å². The second-order valence-corrected chi connectivity index (χ2v) is 9.51. The fourth-order valence-electron chi connectivity index (χ4n) is 3.77. The van der Waals surface area contributed by atoms with E-state index in [-0.39, 0.29) is 36.1 Å². The maximum absolute atomic E-state index is 13.4. The van der Waals surface area contributed by atoms with Crippen LogP contribution in [0.4, 0.5) is 4.79 Å². The van der Waals surface area contributed by atoms with Crippen molar-refractivity contribution in [3.05, 3.63) is 58.9 Å². The van der Waals surface area contributed by atoms with E-state index in [0.717, 1.165) is 17.8 Å². The molecule has 1 aromatic carbocycles. The van der Waals surface area contributed by atoms with E-state index in [9.17, 15) is 9.59 Å². The summed E-state index contributed by atoms with van der Waals surface area (Å²) in [5.74, 6) is -0.0693. The van der Waals surface area contributed by atoms with Crippen molar-refractivity contribution in [2.45, 2.75) is 58.8 Å².